The van der Waals surface area contributed by atoms with Crippen LogP contribution in [-0.2, 0) is 18.7 Å². The first-order valence-electron chi connectivity index (χ1n) is 5.87. The molecule has 132 valence electrons. The molecule has 0 aliphatic rings. The largest absolute Gasteiger partial charge is 0.469 e. The number of ketones is 2. The third-order valence-electron chi connectivity index (χ3n) is 2.16. The smallest absolute Gasteiger partial charge is 0.394 e. The fourth-order valence-corrected chi connectivity index (χ4v) is 1.25. The van der Waals surface area contributed by atoms with Crippen LogP contribution in [0.15, 0.2) is 0 Å². The van der Waals surface area contributed by atoms with E-state index in [9.17, 15) is 14.2 Å². The van der Waals surface area contributed by atoms with Gasteiger partial charge in [-0.05, 0) is 13.8 Å². The molecule has 4 atom stereocenters. The summed E-state index contributed by atoms with van der Waals surface area (Å²) in [5.74, 6) is -1.25. The molecule has 12 heteroatoms. The topological polar surface area (TPSA) is 202 Å². The fourth-order valence-electron chi connectivity index (χ4n) is 0.906. The van der Waals surface area contributed by atoms with Crippen molar-refractivity contribution in [2.24, 2.45) is 0 Å². The Morgan fingerprint density at radius 1 is 0.955 bits per heavy atom. The lowest BCUT2D eigenvalue weighted by Crippen LogP contribution is -2.35. The number of Topliss-reactive ketones (excluding diaryl/α,β-unsaturated/α-hetero) is 2. The van der Waals surface area contributed by atoms with Crippen LogP contribution in [0, 0.1) is 0 Å². The van der Waals surface area contributed by atoms with Gasteiger partial charge in [0.1, 0.15) is 24.4 Å². The molecular weight excluding hydrogens is 327 g/mol. The lowest BCUT2D eigenvalue weighted by Gasteiger charge is -2.15. The fraction of sp³-hybridized carbons (Fsp3) is 0.800. The molecule has 0 aliphatic carbocycles. The Morgan fingerprint density at radius 2 is 1.32 bits per heavy atom. The summed E-state index contributed by atoms with van der Waals surface area (Å²) in [5, 5.41) is 43.2. The minimum absolute atomic E-state index is 0.545. The molecule has 0 aliphatic heterocycles. The number of carbonyl (C=O) groups excluding carboxylic acids is 2. The highest BCUT2D eigenvalue weighted by Gasteiger charge is 2.24. The van der Waals surface area contributed by atoms with E-state index in [1.165, 1.54) is 0 Å². The first kappa shape index (κ1) is 23.5. The summed E-state index contributed by atoms with van der Waals surface area (Å²) in [5.41, 5.74) is 0. The highest BCUT2D eigenvalue weighted by molar-refractivity contribution is 7.46. The number of hydrogen-bond acceptors (Lipinski definition) is 9. The maximum absolute atomic E-state index is 10.5. The molecule has 0 spiro atoms. The zero-order valence-electron chi connectivity index (χ0n) is 11.9. The van der Waals surface area contributed by atoms with E-state index in [4.69, 9.17) is 35.3 Å². The highest BCUT2D eigenvalue weighted by atomic mass is 31.2. The van der Waals surface area contributed by atoms with Crippen LogP contribution in [0.4, 0.5) is 0 Å². The van der Waals surface area contributed by atoms with Gasteiger partial charge in [0.2, 0.25) is 0 Å². The Bertz CT molecular complexity index is 392. The molecule has 0 aromatic heterocycles. The van der Waals surface area contributed by atoms with Crippen molar-refractivity contribution in [1.82, 2.24) is 0 Å². The lowest BCUT2D eigenvalue weighted by molar-refractivity contribution is -0.132. The molecule has 0 saturated heterocycles. The Hall–Kier alpha value is -0.750. The van der Waals surface area contributed by atoms with Crippen LogP contribution in [0.2, 0.25) is 0 Å². The zero-order valence-corrected chi connectivity index (χ0v) is 12.8. The van der Waals surface area contributed by atoms with Crippen molar-refractivity contribution >= 4 is 19.4 Å². The zero-order chi connectivity index (χ0) is 18.1. The monoisotopic (exact) mass is 348 g/mol. The van der Waals surface area contributed by atoms with Gasteiger partial charge in [0.25, 0.3) is 0 Å². The van der Waals surface area contributed by atoms with E-state index >= 15 is 0 Å². The molecule has 0 fully saturated rings. The van der Waals surface area contributed by atoms with Gasteiger partial charge in [-0.15, -0.1) is 0 Å². The summed E-state index contributed by atoms with van der Waals surface area (Å²) in [7, 11) is -4.67. The standard InChI is InChI=1S/C5H11O7P.C5H10O4/c1-3(6)5(8)4(7)2-12-13(9,10)11;1-3(7)5(9)4(8)2-6/h4-5,7-8H,2H2,1H3,(H2,9,10,11);4-6,8-9H,2H2,1H3/t2*4-,5-/m11/s1. The van der Waals surface area contributed by atoms with Gasteiger partial charge < -0.3 is 35.3 Å². The van der Waals surface area contributed by atoms with E-state index in [0.717, 1.165) is 13.8 Å². The number of rotatable bonds is 8. The van der Waals surface area contributed by atoms with E-state index in [0.29, 0.717) is 0 Å². The summed E-state index contributed by atoms with van der Waals surface area (Å²) in [4.78, 5) is 37.1. The first-order chi connectivity index (χ1) is 9.83. The molecular formula is C10H21O11P. The molecule has 0 unspecified atom stereocenters. The van der Waals surface area contributed by atoms with E-state index < -0.39 is 57.0 Å². The van der Waals surface area contributed by atoms with Gasteiger partial charge in [0.05, 0.1) is 13.2 Å². The molecule has 7 N–H and O–H groups in total. The van der Waals surface area contributed by atoms with Gasteiger partial charge in [0, 0.05) is 0 Å². The predicted molar refractivity (Wildman–Crippen MR) is 70.5 cm³/mol. The molecule has 0 heterocycles. The number of hydrogen-bond donors (Lipinski definition) is 7. The van der Waals surface area contributed by atoms with Crippen LogP contribution < -0.4 is 0 Å². The third kappa shape index (κ3) is 11.9. The van der Waals surface area contributed by atoms with Gasteiger partial charge in [-0.2, -0.15) is 0 Å². The van der Waals surface area contributed by atoms with E-state index in [-0.39, 0.29) is 0 Å². The normalized spacial score (nSPS) is 16.8. The molecule has 22 heavy (non-hydrogen) atoms. The van der Waals surface area contributed by atoms with Gasteiger partial charge in [0.15, 0.2) is 11.6 Å². The second kappa shape index (κ2) is 10.9. The maximum atomic E-state index is 10.5. The quantitative estimate of drug-likeness (QED) is 0.216. The second-order valence-corrected chi connectivity index (χ2v) is 5.45. The number of aliphatic hydroxyl groups excluding tert-OH is 5. The summed E-state index contributed by atoms with van der Waals surface area (Å²) in [6.07, 6.45) is -6.12. The molecule has 0 rings (SSSR count). The van der Waals surface area contributed by atoms with Crippen molar-refractivity contribution in [2.45, 2.75) is 38.3 Å². The summed E-state index contributed by atoms with van der Waals surface area (Å²) >= 11 is 0. The Kier molecular flexibility index (Phi) is 11.6. The van der Waals surface area contributed by atoms with Crippen molar-refractivity contribution in [2.75, 3.05) is 13.2 Å². The van der Waals surface area contributed by atoms with Crippen molar-refractivity contribution in [3.63, 3.8) is 0 Å². The molecule has 0 aromatic carbocycles. The Labute approximate surface area is 126 Å². The summed E-state index contributed by atoms with van der Waals surface area (Å²) in [6.45, 7) is 0.778. The second-order valence-electron chi connectivity index (χ2n) is 4.21. The maximum Gasteiger partial charge on any atom is 0.469 e. The minimum atomic E-state index is -4.67. The third-order valence-corrected chi connectivity index (χ3v) is 2.65. The number of carbonyl (C=O) groups is 2. The van der Waals surface area contributed by atoms with E-state index in [2.05, 4.69) is 4.52 Å². The minimum Gasteiger partial charge on any atom is -0.394 e. The van der Waals surface area contributed by atoms with Crippen molar-refractivity contribution in [1.29, 1.82) is 0 Å². The molecule has 0 bridgehead atoms. The van der Waals surface area contributed by atoms with Gasteiger partial charge >= 0.3 is 7.82 Å². The Balaban J connectivity index is 0. The van der Waals surface area contributed by atoms with E-state index in [1.54, 1.807) is 0 Å². The molecule has 11 nitrogen and oxygen atoms in total. The van der Waals surface area contributed by atoms with Gasteiger partial charge in [-0.25, -0.2) is 4.57 Å². The van der Waals surface area contributed by atoms with Crippen LogP contribution in [-0.4, -0.2) is 84.5 Å². The van der Waals surface area contributed by atoms with Crippen LogP contribution in [0.25, 0.3) is 0 Å². The van der Waals surface area contributed by atoms with Crippen LogP contribution in [0.5, 0.6) is 0 Å². The number of aliphatic hydroxyl groups is 5. The predicted octanol–water partition coefficient (Wildman–Crippen LogP) is -3.30. The summed E-state index contributed by atoms with van der Waals surface area (Å²) in [6, 6.07) is 0. The SMILES string of the molecule is CC(=O)[C@@H](O)[C@H](O)CO.CC(=O)[C@@H](O)[C@H](O)COP(=O)(O)O. The van der Waals surface area contributed by atoms with Gasteiger partial charge in [-0.3, -0.25) is 14.1 Å². The van der Waals surface area contributed by atoms with E-state index in [1.807, 2.05) is 0 Å². The number of phosphoric acid groups is 1. The summed E-state index contributed by atoms with van der Waals surface area (Å²) < 4.78 is 14.0. The molecule has 0 amide bonds. The Morgan fingerprint density at radius 3 is 1.55 bits per heavy atom. The van der Waals surface area contributed by atoms with Crippen LogP contribution >= 0.6 is 7.82 Å². The lowest BCUT2D eigenvalue weighted by atomic mass is 10.1. The highest BCUT2D eigenvalue weighted by Crippen LogP contribution is 2.35. The molecule has 0 radical (unpaired) electrons. The first-order valence-corrected chi connectivity index (χ1v) is 7.40. The van der Waals surface area contributed by atoms with Crippen molar-refractivity contribution < 1.29 is 54.0 Å². The molecule has 0 saturated carbocycles. The molecule has 0 aromatic rings. The average molecular weight is 348 g/mol. The number of phosphoric ester groups is 1. The van der Waals surface area contributed by atoms with Crippen LogP contribution in [0.3, 0.4) is 0 Å². The average Bonchev–Trinajstić information content (AvgIpc) is 2.41. The van der Waals surface area contributed by atoms with Crippen molar-refractivity contribution in [3.8, 4) is 0 Å². The van der Waals surface area contributed by atoms with Gasteiger partial charge in [-0.1, -0.05) is 0 Å². The van der Waals surface area contributed by atoms with Crippen LogP contribution in [0.1, 0.15) is 13.8 Å². The van der Waals surface area contributed by atoms with Crippen molar-refractivity contribution in [3.05, 3.63) is 0 Å².